The van der Waals surface area contributed by atoms with Crippen molar-refractivity contribution in [2.75, 3.05) is 14.2 Å². The first-order chi connectivity index (χ1) is 14.8. The van der Waals surface area contributed by atoms with Crippen LogP contribution in [0.5, 0.6) is 0 Å². The van der Waals surface area contributed by atoms with Gasteiger partial charge in [-0.1, -0.05) is 6.92 Å². The molecule has 8 heteroatoms. The van der Waals surface area contributed by atoms with Crippen LogP contribution in [0, 0.1) is 34.0 Å². The molecule has 2 aliphatic carbocycles. The maximum Gasteiger partial charge on any atom is 0.312 e. The summed E-state index contributed by atoms with van der Waals surface area (Å²) in [4.78, 5) is 50.6. The molecule has 32 heavy (non-hydrogen) atoms. The molecule has 1 aliphatic heterocycles. The third kappa shape index (κ3) is 4.01. The molecule has 0 radical (unpaired) electrons. The van der Waals surface area contributed by atoms with Crippen LogP contribution in [0.1, 0.15) is 66.7 Å². The van der Waals surface area contributed by atoms with E-state index in [-0.39, 0.29) is 42.7 Å². The van der Waals surface area contributed by atoms with Gasteiger partial charge < -0.3 is 18.9 Å². The summed E-state index contributed by atoms with van der Waals surface area (Å²) >= 11 is 0. The zero-order valence-electron chi connectivity index (χ0n) is 20.2. The number of carbonyl (C=O) groups excluding carboxylic acids is 4. The minimum absolute atomic E-state index is 0.0549. The molecule has 7 atom stereocenters. The van der Waals surface area contributed by atoms with Crippen molar-refractivity contribution in [2.45, 2.75) is 78.9 Å². The van der Waals surface area contributed by atoms with Crippen LogP contribution in [0.25, 0.3) is 0 Å². The van der Waals surface area contributed by atoms with Gasteiger partial charge in [0.05, 0.1) is 36.4 Å². The second kappa shape index (κ2) is 8.34. The standard InChI is InChI=1S/C24H36O8/c1-8-23(4,12-24(5,20(27)30-7)11-22(2,3)19(26)29-6)21(28)32-16-13-9-14-15(10-13)18(25)31-17(14)16/h13-17H,8-12H2,1-7H3. The van der Waals surface area contributed by atoms with Gasteiger partial charge in [-0.25, -0.2) is 0 Å². The highest BCUT2D eigenvalue weighted by Gasteiger charge is 2.64. The summed E-state index contributed by atoms with van der Waals surface area (Å²) in [5.41, 5.74) is -3.05. The van der Waals surface area contributed by atoms with Gasteiger partial charge in [-0.2, -0.15) is 0 Å². The molecule has 180 valence electrons. The van der Waals surface area contributed by atoms with E-state index in [9.17, 15) is 19.2 Å². The van der Waals surface area contributed by atoms with Gasteiger partial charge in [0.15, 0.2) is 0 Å². The van der Waals surface area contributed by atoms with Crippen molar-refractivity contribution < 1.29 is 38.1 Å². The average Bonchev–Trinajstić information content (AvgIpc) is 3.36. The fourth-order valence-electron chi connectivity index (χ4n) is 6.31. The lowest BCUT2D eigenvalue weighted by Gasteiger charge is -2.40. The second-order valence-electron chi connectivity index (χ2n) is 11.0. The van der Waals surface area contributed by atoms with Gasteiger partial charge in [0.2, 0.25) is 0 Å². The maximum atomic E-state index is 13.4. The van der Waals surface area contributed by atoms with E-state index in [4.69, 9.17) is 18.9 Å². The first-order valence-corrected chi connectivity index (χ1v) is 11.4. The molecule has 3 aliphatic rings. The lowest BCUT2D eigenvalue weighted by molar-refractivity contribution is -0.176. The molecule has 2 saturated carbocycles. The maximum absolute atomic E-state index is 13.4. The largest absolute Gasteiger partial charge is 0.469 e. The summed E-state index contributed by atoms with van der Waals surface area (Å²) in [5, 5.41) is 0. The van der Waals surface area contributed by atoms with Crippen molar-refractivity contribution in [3.63, 3.8) is 0 Å². The number of esters is 4. The SMILES string of the molecule is CCC(C)(CC(C)(CC(C)(C)C(=O)OC)C(=O)OC)C(=O)OC1C2CC3C(=O)OC1C3C2. The van der Waals surface area contributed by atoms with Gasteiger partial charge in [0.1, 0.15) is 12.2 Å². The molecule has 0 N–H and O–H groups in total. The van der Waals surface area contributed by atoms with E-state index < -0.39 is 40.3 Å². The minimum Gasteiger partial charge on any atom is -0.469 e. The monoisotopic (exact) mass is 452 g/mol. The first-order valence-electron chi connectivity index (χ1n) is 11.4. The van der Waals surface area contributed by atoms with Crippen LogP contribution in [0.4, 0.5) is 0 Å². The smallest absolute Gasteiger partial charge is 0.312 e. The highest BCUT2D eigenvalue weighted by atomic mass is 16.6. The number of hydrogen-bond acceptors (Lipinski definition) is 8. The molecule has 3 fully saturated rings. The Morgan fingerprint density at radius 1 is 0.938 bits per heavy atom. The normalized spacial score (nSPS) is 32.0. The molecule has 8 nitrogen and oxygen atoms in total. The number of methoxy groups -OCH3 is 2. The summed E-state index contributed by atoms with van der Waals surface area (Å²) in [5.74, 6) is -1.30. The van der Waals surface area contributed by atoms with Crippen LogP contribution in [0.15, 0.2) is 0 Å². The Hall–Kier alpha value is -2.12. The number of carbonyl (C=O) groups is 4. The molecular weight excluding hydrogens is 416 g/mol. The predicted molar refractivity (Wildman–Crippen MR) is 113 cm³/mol. The van der Waals surface area contributed by atoms with Crippen LogP contribution in [0.2, 0.25) is 0 Å². The molecule has 1 heterocycles. The van der Waals surface area contributed by atoms with E-state index in [0.29, 0.717) is 12.8 Å². The van der Waals surface area contributed by atoms with Crippen molar-refractivity contribution in [1.29, 1.82) is 0 Å². The predicted octanol–water partition coefficient (Wildman–Crippen LogP) is 3.05. The molecule has 0 spiro atoms. The van der Waals surface area contributed by atoms with E-state index in [2.05, 4.69) is 0 Å². The molecule has 3 rings (SSSR count). The van der Waals surface area contributed by atoms with E-state index >= 15 is 0 Å². The third-order valence-corrected chi connectivity index (χ3v) is 7.96. The fraction of sp³-hybridized carbons (Fsp3) is 0.833. The molecule has 0 aromatic rings. The zero-order valence-corrected chi connectivity index (χ0v) is 20.2. The number of fused-ring (bicyclic) bond motifs is 1. The second-order valence-corrected chi connectivity index (χ2v) is 11.0. The summed E-state index contributed by atoms with van der Waals surface area (Å²) < 4.78 is 21.5. The first kappa shape index (κ1) is 24.5. The van der Waals surface area contributed by atoms with Crippen molar-refractivity contribution >= 4 is 23.9 Å². The molecule has 7 unspecified atom stereocenters. The van der Waals surface area contributed by atoms with E-state index in [1.54, 1.807) is 27.7 Å². The lowest BCUT2D eigenvalue weighted by atomic mass is 9.65. The molecule has 0 aromatic heterocycles. The Morgan fingerprint density at radius 3 is 2.12 bits per heavy atom. The van der Waals surface area contributed by atoms with E-state index in [1.807, 2.05) is 6.92 Å². The molecule has 2 bridgehead atoms. The summed E-state index contributed by atoms with van der Waals surface area (Å²) in [6.45, 7) is 8.78. The Labute approximate surface area is 189 Å². The quantitative estimate of drug-likeness (QED) is 0.388. The summed E-state index contributed by atoms with van der Waals surface area (Å²) in [6.07, 6.45) is 1.49. The number of rotatable bonds is 9. The van der Waals surface area contributed by atoms with Crippen LogP contribution in [-0.4, -0.2) is 50.3 Å². The summed E-state index contributed by atoms with van der Waals surface area (Å²) in [7, 11) is 2.61. The molecule has 0 aromatic carbocycles. The van der Waals surface area contributed by atoms with Gasteiger partial charge in [0, 0.05) is 11.8 Å². The number of hydrogen-bond donors (Lipinski definition) is 0. The van der Waals surface area contributed by atoms with Crippen molar-refractivity contribution in [1.82, 2.24) is 0 Å². The van der Waals surface area contributed by atoms with Gasteiger partial charge >= 0.3 is 23.9 Å². The van der Waals surface area contributed by atoms with Crippen LogP contribution >= 0.6 is 0 Å². The lowest BCUT2D eigenvalue weighted by Crippen LogP contribution is -2.46. The molecular formula is C24H36O8. The Morgan fingerprint density at radius 2 is 1.56 bits per heavy atom. The van der Waals surface area contributed by atoms with Crippen molar-refractivity contribution in [3.8, 4) is 0 Å². The van der Waals surface area contributed by atoms with Gasteiger partial charge in [-0.3, -0.25) is 19.2 Å². The average molecular weight is 453 g/mol. The highest BCUT2D eigenvalue weighted by molar-refractivity contribution is 5.83. The van der Waals surface area contributed by atoms with Gasteiger partial charge in [-0.15, -0.1) is 0 Å². The Kier molecular flexibility index (Phi) is 6.39. The van der Waals surface area contributed by atoms with E-state index in [0.717, 1.165) is 6.42 Å². The van der Waals surface area contributed by atoms with Crippen LogP contribution in [0.3, 0.4) is 0 Å². The van der Waals surface area contributed by atoms with E-state index in [1.165, 1.54) is 14.2 Å². The highest BCUT2D eigenvalue weighted by Crippen LogP contribution is 2.56. The Bertz CT molecular complexity index is 804. The van der Waals surface area contributed by atoms with Crippen molar-refractivity contribution in [3.05, 3.63) is 0 Å². The zero-order chi connectivity index (χ0) is 24.1. The minimum atomic E-state index is -1.12. The fourth-order valence-corrected chi connectivity index (χ4v) is 6.31. The van der Waals surface area contributed by atoms with Gasteiger partial charge in [-0.05, 0) is 59.8 Å². The topological polar surface area (TPSA) is 105 Å². The van der Waals surface area contributed by atoms with Crippen LogP contribution < -0.4 is 0 Å². The number of ether oxygens (including phenoxy) is 4. The molecule has 1 saturated heterocycles. The van der Waals surface area contributed by atoms with Gasteiger partial charge in [0.25, 0.3) is 0 Å². The molecule has 0 amide bonds. The summed E-state index contributed by atoms with van der Waals surface area (Å²) in [6, 6.07) is 0. The van der Waals surface area contributed by atoms with Crippen molar-refractivity contribution in [2.24, 2.45) is 34.0 Å². The third-order valence-electron chi connectivity index (χ3n) is 7.96. The van der Waals surface area contributed by atoms with Crippen LogP contribution in [-0.2, 0) is 38.1 Å². The Balaban J connectivity index is 1.79.